The molecule has 2 aromatic rings. The van der Waals surface area contributed by atoms with E-state index in [1.54, 1.807) is 25.1 Å². The summed E-state index contributed by atoms with van der Waals surface area (Å²) in [5.74, 6) is -0.924. The van der Waals surface area contributed by atoms with Crippen molar-refractivity contribution in [1.29, 1.82) is 5.26 Å². The fourth-order valence-corrected chi connectivity index (χ4v) is 2.36. The molecule has 0 fully saturated rings. The molecule has 1 heterocycles. The first-order valence-electron chi connectivity index (χ1n) is 6.94. The summed E-state index contributed by atoms with van der Waals surface area (Å²) in [6, 6.07) is 9.11. The van der Waals surface area contributed by atoms with Crippen molar-refractivity contribution in [1.82, 2.24) is 9.97 Å². The molecule has 0 unspecified atom stereocenters. The van der Waals surface area contributed by atoms with Gasteiger partial charge in [0.05, 0.1) is 29.4 Å². The van der Waals surface area contributed by atoms with E-state index in [0.29, 0.717) is 11.4 Å². The molecule has 0 atom stereocenters. The van der Waals surface area contributed by atoms with Crippen LogP contribution in [0.1, 0.15) is 16.2 Å². The van der Waals surface area contributed by atoms with Gasteiger partial charge in [-0.1, -0.05) is 12.1 Å². The summed E-state index contributed by atoms with van der Waals surface area (Å²) in [7, 11) is 0. The van der Waals surface area contributed by atoms with Crippen LogP contribution in [0.4, 0.5) is 5.69 Å². The lowest BCUT2D eigenvalue weighted by Crippen LogP contribution is -2.21. The zero-order valence-electron chi connectivity index (χ0n) is 12.9. The maximum Gasteiger partial charge on any atom is 0.359 e. The number of carbonyl (C=O) groups excluding carboxylic acids is 2. The standard InChI is InChI=1S/C16H14N4O3S/c1-11-8-19-13(9-18-11)16(22)23-10-15(21)20-12-4-2-3-5-14(12)24-7-6-17/h2-5,8-9H,7,10H2,1H3,(H,20,21). The highest BCUT2D eigenvalue weighted by molar-refractivity contribution is 7.99. The Labute approximate surface area is 143 Å². The van der Waals surface area contributed by atoms with Gasteiger partial charge in [0.2, 0.25) is 0 Å². The first-order valence-corrected chi connectivity index (χ1v) is 7.93. The minimum Gasteiger partial charge on any atom is -0.451 e. The third-order valence-corrected chi connectivity index (χ3v) is 3.72. The highest BCUT2D eigenvalue weighted by Gasteiger charge is 2.13. The van der Waals surface area contributed by atoms with Gasteiger partial charge in [0.25, 0.3) is 5.91 Å². The number of benzene rings is 1. The van der Waals surface area contributed by atoms with Crippen molar-refractivity contribution >= 4 is 29.3 Å². The van der Waals surface area contributed by atoms with E-state index >= 15 is 0 Å². The van der Waals surface area contributed by atoms with Gasteiger partial charge in [-0.2, -0.15) is 5.26 Å². The molecule has 0 spiro atoms. The molecule has 24 heavy (non-hydrogen) atoms. The molecule has 1 aromatic heterocycles. The molecule has 0 aliphatic carbocycles. The quantitative estimate of drug-likeness (QED) is 0.633. The predicted molar refractivity (Wildman–Crippen MR) is 88.5 cm³/mol. The zero-order chi connectivity index (χ0) is 17.4. The second kappa shape index (κ2) is 8.64. The number of aromatic nitrogens is 2. The summed E-state index contributed by atoms with van der Waals surface area (Å²) >= 11 is 1.31. The summed E-state index contributed by atoms with van der Waals surface area (Å²) in [4.78, 5) is 32.3. The molecule has 2 rings (SSSR count). The minimum absolute atomic E-state index is 0.0402. The number of hydrogen-bond donors (Lipinski definition) is 1. The number of thioether (sulfide) groups is 1. The molecule has 0 saturated carbocycles. The van der Waals surface area contributed by atoms with Crippen molar-refractivity contribution < 1.29 is 14.3 Å². The van der Waals surface area contributed by atoms with Crippen LogP contribution in [0, 0.1) is 18.3 Å². The molecular weight excluding hydrogens is 328 g/mol. The van der Waals surface area contributed by atoms with Crippen molar-refractivity contribution in [2.45, 2.75) is 11.8 Å². The number of amides is 1. The second-order valence-corrected chi connectivity index (χ2v) is 5.63. The lowest BCUT2D eigenvalue weighted by atomic mass is 10.3. The van der Waals surface area contributed by atoms with Gasteiger partial charge in [-0.3, -0.25) is 9.78 Å². The van der Waals surface area contributed by atoms with Gasteiger partial charge < -0.3 is 10.1 Å². The Bertz CT molecular complexity index is 772. The van der Waals surface area contributed by atoms with Gasteiger partial charge in [-0.25, -0.2) is 9.78 Å². The maximum absolute atomic E-state index is 11.9. The maximum atomic E-state index is 11.9. The van der Waals surface area contributed by atoms with Crippen LogP contribution in [0.2, 0.25) is 0 Å². The molecule has 0 aliphatic heterocycles. The predicted octanol–water partition coefficient (Wildman–Crippen LogP) is 2.20. The van der Waals surface area contributed by atoms with E-state index in [-0.39, 0.29) is 11.4 Å². The Morgan fingerprint density at radius 3 is 2.79 bits per heavy atom. The molecule has 122 valence electrons. The number of ether oxygens (including phenoxy) is 1. The largest absolute Gasteiger partial charge is 0.451 e. The first kappa shape index (κ1) is 17.4. The number of nitrogens with zero attached hydrogens (tertiary/aromatic N) is 3. The van der Waals surface area contributed by atoms with Crippen molar-refractivity contribution in [2.75, 3.05) is 17.7 Å². The van der Waals surface area contributed by atoms with Crippen LogP contribution in [0.15, 0.2) is 41.6 Å². The first-order chi connectivity index (χ1) is 11.6. The summed E-state index contributed by atoms with van der Waals surface area (Å²) in [6.45, 7) is 1.31. The smallest absolute Gasteiger partial charge is 0.359 e. The van der Waals surface area contributed by atoms with Crippen LogP contribution in [0.5, 0.6) is 0 Å². The lowest BCUT2D eigenvalue weighted by molar-refractivity contribution is -0.119. The summed E-state index contributed by atoms with van der Waals surface area (Å²) in [5, 5.41) is 11.3. The number of aryl methyl sites for hydroxylation is 1. The molecular formula is C16H14N4O3S. The van der Waals surface area contributed by atoms with E-state index in [2.05, 4.69) is 15.3 Å². The molecule has 1 N–H and O–H groups in total. The van der Waals surface area contributed by atoms with Crippen LogP contribution in [-0.4, -0.2) is 34.2 Å². The average Bonchev–Trinajstić information content (AvgIpc) is 2.59. The number of anilines is 1. The zero-order valence-corrected chi connectivity index (χ0v) is 13.7. The number of nitriles is 1. The fourth-order valence-electron chi connectivity index (χ4n) is 1.70. The lowest BCUT2D eigenvalue weighted by Gasteiger charge is -2.09. The summed E-state index contributed by atoms with van der Waals surface area (Å²) in [5.41, 5.74) is 1.28. The summed E-state index contributed by atoms with van der Waals surface area (Å²) < 4.78 is 4.91. The van der Waals surface area contributed by atoms with E-state index < -0.39 is 18.5 Å². The molecule has 1 amide bonds. The van der Waals surface area contributed by atoms with E-state index in [1.165, 1.54) is 24.2 Å². The normalized spacial score (nSPS) is 9.83. The molecule has 7 nitrogen and oxygen atoms in total. The molecule has 1 aromatic carbocycles. The molecule has 0 radical (unpaired) electrons. The van der Waals surface area contributed by atoms with Crippen LogP contribution >= 0.6 is 11.8 Å². The van der Waals surface area contributed by atoms with Gasteiger partial charge >= 0.3 is 5.97 Å². The number of para-hydroxylation sites is 1. The number of carbonyl (C=O) groups is 2. The van der Waals surface area contributed by atoms with E-state index in [0.717, 1.165) is 4.90 Å². The van der Waals surface area contributed by atoms with Crippen molar-refractivity contribution in [3.05, 3.63) is 48.0 Å². The van der Waals surface area contributed by atoms with Crippen LogP contribution in [-0.2, 0) is 9.53 Å². The van der Waals surface area contributed by atoms with Crippen molar-refractivity contribution in [3.63, 3.8) is 0 Å². The highest BCUT2D eigenvalue weighted by Crippen LogP contribution is 2.26. The third-order valence-electron chi connectivity index (χ3n) is 2.78. The Morgan fingerprint density at radius 1 is 1.29 bits per heavy atom. The molecule has 0 saturated heterocycles. The fraction of sp³-hybridized carbons (Fsp3) is 0.188. The van der Waals surface area contributed by atoms with E-state index in [4.69, 9.17) is 10.00 Å². The van der Waals surface area contributed by atoms with E-state index in [9.17, 15) is 9.59 Å². The number of hydrogen-bond acceptors (Lipinski definition) is 7. The minimum atomic E-state index is -0.718. The Balaban J connectivity index is 1.91. The highest BCUT2D eigenvalue weighted by atomic mass is 32.2. The Morgan fingerprint density at radius 2 is 2.08 bits per heavy atom. The van der Waals surface area contributed by atoms with Gasteiger partial charge in [-0.05, 0) is 19.1 Å². The topological polar surface area (TPSA) is 105 Å². The molecule has 0 aliphatic rings. The number of esters is 1. The Hall–Kier alpha value is -2.92. The van der Waals surface area contributed by atoms with Crippen molar-refractivity contribution in [3.8, 4) is 6.07 Å². The summed E-state index contributed by atoms with van der Waals surface area (Å²) in [6.07, 6.45) is 2.74. The Kier molecular flexibility index (Phi) is 6.28. The van der Waals surface area contributed by atoms with Crippen LogP contribution in [0.25, 0.3) is 0 Å². The SMILES string of the molecule is Cc1cnc(C(=O)OCC(=O)Nc2ccccc2SCC#N)cn1. The van der Waals surface area contributed by atoms with Crippen LogP contribution in [0.3, 0.4) is 0 Å². The van der Waals surface area contributed by atoms with E-state index in [1.807, 2.05) is 12.1 Å². The average molecular weight is 342 g/mol. The van der Waals surface area contributed by atoms with Crippen LogP contribution < -0.4 is 5.32 Å². The van der Waals surface area contributed by atoms with Gasteiger partial charge in [0.1, 0.15) is 0 Å². The second-order valence-electron chi connectivity index (χ2n) is 4.61. The van der Waals surface area contributed by atoms with Crippen molar-refractivity contribution in [2.24, 2.45) is 0 Å². The van der Waals surface area contributed by atoms with Gasteiger partial charge in [0, 0.05) is 11.1 Å². The van der Waals surface area contributed by atoms with Gasteiger partial charge in [0.15, 0.2) is 12.3 Å². The third kappa shape index (κ3) is 5.07. The number of rotatable bonds is 6. The molecule has 8 heteroatoms. The number of nitrogens with one attached hydrogen (secondary N) is 1. The monoisotopic (exact) mass is 342 g/mol. The molecule has 0 bridgehead atoms. The van der Waals surface area contributed by atoms with Gasteiger partial charge in [-0.15, -0.1) is 11.8 Å².